The van der Waals surface area contributed by atoms with Crippen molar-refractivity contribution in [3.8, 4) is 23.8 Å². The molecule has 2 aliphatic rings. The molecule has 2 unspecified atom stereocenters. The highest BCUT2D eigenvalue weighted by molar-refractivity contribution is 7.51. The molecule has 0 spiro atoms. The fourth-order valence-electron chi connectivity index (χ4n) is 5.26. The number of hydrogen-bond donors (Lipinski definition) is 2. The van der Waals surface area contributed by atoms with Crippen LogP contribution in [0.4, 0.5) is 10.2 Å². The molecule has 1 aromatic carbocycles. The Kier molecular flexibility index (Phi) is 8.15. The fraction of sp³-hybridized carbons (Fsp3) is 0.444. The lowest BCUT2D eigenvalue weighted by molar-refractivity contribution is -0.144. The maximum atomic E-state index is 16.1. The summed E-state index contributed by atoms with van der Waals surface area (Å²) < 4.78 is 60.9. The van der Waals surface area contributed by atoms with E-state index in [2.05, 4.69) is 15.9 Å². The number of ether oxygens (including phenoxy) is 3. The number of aliphatic hydroxyl groups is 1. The van der Waals surface area contributed by atoms with Gasteiger partial charge in [-0.1, -0.05) is 5.92 Å². The van der Waals surface area contributed by atoms with Gasteiger partial charge >= 0.3 is 13.7 Å². The van der Waals surface area contributed by atoms with Gasteiger partial charge < -0.3 is 34.1 Å². The molecule has 0 radical (unpaired) electrons. The van der Waals surface area contributed by atoms with E-state index in [0.717, 1.165) is 6.92 Å². The van der Waals surface area contributed by atoms with Crippen LogP contribution in [-0.2, 0) is 23.4 Å². The predicted molar refractivity (Wildman–Crippen MR) is 148 cm³/mol. The number of rotatable bonds is 9. The van der Waals surface area contributed by atoms with E-state index in [1.54, 1.807) is 12.1 Å². The first-order valence-electron chi connectivity index (χ1n) is 13.1. The zero-order valence-corrected chi connectivity index (χ0v) is 24.1. The van der Waals surface area contributed by atoms with Gasteiger partial charge in [-0.25, -0.2) is 18.9 Å². The molecule has 0 bridgehead atoms. The van der Waals surface area contributed by atoms with E-state index in [-0.39, 0.29) is 23.8 Å². The Balaban J connectivity index is 1.43. The van der Waals surface area contributed by atoms with Gasteiger partial charge in [-0.15, -0.1) is 6.42 Å². The first-order chi connectivity index (χ1) is 20.0. The minimum Gasteiger partial charge on any atom is -0.497 e. The molecule has 3 N–H and O–H groups in total. The number of halogens is 1. The summed E-state index contributed by atoms with van der Waals surface area (Å²) in [4.78, 5) is 20.6. The summed E-state index contributed by atoms with van der Waals surface area (Å²) in [5, 5.41) is 11.3. The monoisotopic (exact) mass is 603 g/mol. The number of carbonyl (C=O) groups excluding carboxylic acids is 1. The Morgan fingerprint density at radius 2 is 2.02 bits per heavy atom. The number of anilines is 1. The summed E-state index contributed by atoms with van der Waals surface area (Å²) in [6.07, 6.45) is 4.73. The van der Waals surface area contributed by atoms with Crippen molar-refractivity contribution in [3.05, 3.63) is 42.4 Å². The number of esters is 1. The summed E-state index contributed by atoms with van der Waals surface area (Å²) >= 11 is 0. The van der Waals surface area contributed by atoms with Gasteiger partial charge in [0.25, 0.3) is 0 Å². The number of alkyl halides is 1. The Morgan fingerprint density at radius 1 is 1.31 bits per heavy atom. The van der Waals surface area contributed by atoms with Crippen molar-refractivity contribution in [1.29, 1.82) is 0 Å². The molecule has 2 saturated heterocycles. The number of nitrogens with zero attached hydrogens (tertiary/aromatic N) is 4. The number of aromatic nitrogens is 3. The smallest absolute Gasteiger partial charge is 0.462 e. The Labute approximate surface area is 241 Å². The van der Waals surface area contributed by atoms with Crippen LogP contribution >= 0.6 is 7.75 Å². The van der Waals surface area contributed by atoms with Gasteiger partial charge in [-0.05, 0) is 44.0 Å². The third-order valence-electron chi connectivity index (χ3n) is 7.46. The average Bonchev–Trinajstić information content (AvgIpc) is 3.68. The summed E-state index contributed by atoms with van der Waals surface area (Å²) in [5.41, 5.74) is 4.15. The van der Waals surface area contributed by atoms with E-state index in [1.165, 1.54) is 48.1 Å². The maximum Gasteiger partial charge on any atom is 0.462 e. The lowest BCUT2D eigenvalue weighted by Gasteiger charge is -2.31. The predicted octanol–water partition coefficient (Wildman–Crippen LogP) is 2.83. The molecule has 5 rings (SSSR count). The van der Waals surface area contributed by atoms with E-state index in [4.69, 9.17) is 35.4 Å². The van der Waals surface area contributed by atoms with Gasteiger partial charge in [0.05, 0.1) is 31.8 Å². The van der Waals surface area contributed by atoms with Crippen molar-refractivity contribution in [2.75, 3.05) is 33.1 Å². The van der Waals surface area contributed by atoms with Crippen LogP contribution in [0.5, 0.6) is 11.5 Å². The third kappa shape index (κ3) is 5.19. The van der Waals surface area contributed by atoms with Crippen LogP contribution in [0.3, 0.4) is 0 Å². The minimum absolute atomic E-state index is 0.105. The topological polar surface area (TPSA) is 160 Å². The Morgan fingerprint density at radius 3 is 2.69 bits per heavy atom. The van der Waals surface area contributed by atoms with E-state index in [0.29, 0.717) is 29.5 Å². The SMILES string of the molecule is C#Cc1cn([C@@H]2O[C@H](COP(=O)(Oc3ccc(OC)cc3)N3CCCC3C(=O)OC)[C@@H](O)[C@@]2(C)F)c2ncnc(N)c12. The number of nitrogen functional groups attached to an aromatic ring is 1. The Hall–Kier alpha value is -3.73. The highest BCUT2D eigenvalue weighted by atomic mass is 31.2. The lowest BCUT2D eigenvalue weighted by atomic mass is 9.98. The summed E-state index contributed by atoms with van der Waals surface area (Å²) in [6, 6.07) is 5.37. The van der Waals surface area contributed by atoms with Gasteiger partial charge in [0.1, 0.15) is 47.5 Å². The molecule has 2 aliphatic heterocycles. The molecular formula is C27H31FN5O8P. The molecule has 0 saturated carbocycles. The molecule has 224 valence electrons. The van der Waals surface area contributed by atoms with Crippen LogP contribution in [0.15, 0.2) is 36.8 Å². The maximum absolute atomic E-state index is 16.1. The van der Waals surface area contributed by atoms with Crippen LogP contribution < -0.4 is 15.0 Å². The molecular weight excluding hydrogens is 572 g/mol. The van der Waals surface area contributed by atoms with Crippen LogP contribution in [0, 0.1) is 12.3 Å². The molecule has 13 nitrogen and oxygen atoms in total. The highest BCUT2D eigenvalue weighted by Crippen LogP contribution is 2.56. The van der Waals surface area contributed by atoms with Crippen LogP contribution in [0.25, 0.3) is 11.0 Å². The van der Waals surface area contributed by atoms with Gasteiger partial charge in [0.15, 0.2) is 11.9 Å². The molecule has 0 aliphatic carbocycles. The number of hydrogen-bond acceptors (Lipinski definition) is 11. The molecule has 4 heterocycles. The van der Waals surface area contributed by atoms with E-state index >= 15 is 4.39 Å². The molecule has 0 amide bonds. The zero-order valence-electron chi connectivity index (χ0n) is 23.2. The second-order valence-electron chi connectivity index (χ2n) is 10.1. The van der Waals surface area contributed by atoms with Crippen LogP contribution in [-0.4, -0.2) is 81.6 Å². The van der Waals surface area contributed by atoms with Crippen molar-refractivity contribution in [2.45, 2.75) is 49.9 Å². The first kappa shape index (κ1) is 29.8. The fourth-order valence-corrected chi connectivity index (χ4v) is 7.22. The number of benzene rings is 1. The second-order valence-corrected chi connectivity index (χ2v) is 11.9. The molecule has 2 aromatic heterocycles. The van der Waals surface area contributed by atoms with Crippen molar-refractivity contribution in [1.82, 2.24) is 19.2 Å². The highest BCUT2D eigenvalue weighted by Gasteiger charge is 2.56. The quantitative estimate of drug-likeness (QED) is 0.209. The van der Waals surface area contributed by atoms with Crippen molar-refractivity contribution < 1.29 is 42.1 Å². The zero-order chi connectivity index (χ0) is 30.2. The van der Waals surface area contributed by atoms with Gasteiger partial charge in [-0.2, -0.15) is 4.67 Å². The lowest BCUT2D eigenvalue weighted by Crippen LogP contribution is -2.41. The normalized spacial score (nSPS) is 27.4. The molecule has 3 aromatic rings. The summed E-state index contributed by atoms with van der Waals surface area (Å²) in [7, 11) is -1.56. The minimum atomic E-state index is -4.29. The summed E-state index contributed by atoms with van der Waals surface area (Å²) in [5.74, 6) is 2.70. The van der Waals surface area contributed by atoms with Crippen molar-refractivity contribution >= 4 is 30.6 Å². The third-order valence-corrected chi connectivity index (χ3v) is 9.48. The molecule has 15 heteroatoms. The van der Waals surface area contributed by atoms with E-state index in [1.807, 2.05) is 0 Å². The molecule has 2 fully saturated rings. The largest absolute Gasteiger partial charge is 0.497 e. The number of nitrogens with two attached hydrogens (primary N) is 1. The number of aliphatic hydroxyl groups excluding tert-OH is 1. The standard InChI is InChI=1S/C27H31FN5O8P/c1-5-16-13-32(24-21(16)23(29)30-15-31-24)26-27(2,28)22(34)20(40-26)14-39-42(36,33-12-6-7-19(33)25(35)38-4)41-18-10-8-17(37-3)9-11-18/h1,8-11,13,15,19-20,22,26,34H,6-7,12,14H2,2-4H3,(H2,29,30,31)/t19?,20-,22-,26-,27-,42?/m1/s1. The van der Waals surface area contributed by atoms with E-state index in [9.17, 15) is 14.5 Å². The Bertz CT molecular complexity index is 1560. The van der Waals surface area contributed by atoms with Gasteiger partial charge in [0, 0.05) is 12.7 Å². The van der Waals surface area contributed by atoms with Crippen LogP contribution in [0.2, 0.25) is 0 Å². The summed E-state index contributed by atoms with van der Waals surface area (Å²) in [6.45, 7) is 0.818. The number of terminal acetylenes is 1. The molecule has 6 atom stereocenters. The second kappa shape index (κ2) is 11.5. The number of methoxy groups -OCH3 is 2. The van der Waals surface area contributed by atoms with Gasteiger partial charge in [0.2, 0.25) is 0 Å². The number of carbonyl (C=O) groups is 1. The van der Waals surface area contributed by atoms with Crippen LogP contribution in [0.1, 0.15) is 31.6 Å². The van der Waals surface area contributed by atoms with Crippen molar-refractivity contribution in [2.24, 2.45) is 0 Å². The van der Waals surface area contributed by atoms with Crippen molar-refractivity contribution in [3.63, 3.8) is 0 Å². The average molecular weight is 604 g/mol. The first-order valence-corrected chi connectivity index (χ1v) is 14.6. The van der Waals surface area contributed by atoms with E-state index < -0.39 is 50.5 Å². The van der Waals surface area contributed by atoms with Gasteiger partial charge in [-0.3, -0.25) is 9.32 Å². The number of fused-ring (bicyclic) bond motifs is 1. The molecule has 42 heavy (non-hydrogen) atoms.